The molecular formula is C9H11N3O4. The second kappa shape index (κ2) is 5.06. The third-order valence-electron chi connectivity index (χ3n) is 1.89. The minimum Gasteiger partial charge on any atom is -0.480 e. The van der Waals surface area contributed by atoms with Crippen LogP contribution in [-0.2, 0) is 4.79 Å². The van der Waals surface area contributed by atoms with E-state index >= 15 is 0 Å². The Morgan fingerprint density at radius 1 is 1.56 bits per heavy atom. The van der Waals surface area contributed by atoms with Gasteiger partial charge in [-0.15, -0.1) is 0 Å². The van der Waals surface area contributed by atoms with Gasteiger partial charge in [-0.2, -0.15) is 0 Å². The van der Waals surface area contributed by atoms with Crippen LogP contribution in [-0.4, -0.2) is 44.9 Å². The molecule has 7 nitrogen and oxygen atoms in total. The summed E-state index contributed by atoms with van der Waals surface area (Å²) >= 11 is 0. The van der Waals surface area contributed by atoms with Gasteiger partial charge in [-0.1, -0.05) is 0 Å². The first-order valence-corrected chi connectivity index (χ1v) is 4.60. The summed E-state index contributed by atoms with van der Waals surface area (Å²) in [4.78, 5) is 40.0. The van der Waals surface area contributed by atoms with Crippen LogP contribution in [0.3, 0.4) is 0 Å². The monoisotopic (exact) mass is 225 g/mol. The highest BCUT2D eigenvalue weighted by Crippen LogP contribution is 1.98. The van der Waals surface area contributed by atoms with Crippen LogP contribution in [0.25, 0.3) is 0 Å². The number of carbonyl (C=O) groups is 2. The zero-order valence-electron chi connectivity index (χ0n) is 8.64. The molecule has 0 saturated heterocycles. The average Bonchev–Trinajstić information content (AvgIpc) is 2.25. The van der Waals surface area contributed by atoms with Gasteiger partial charge < -0.3 is 15.0 Å². The molecule has 0 saturated carbocycles. The molecule has 16 heavy (non-hydrogen) atoms. The summed E-state index contributed by atoms with van der Waals surface area (Å²) in [6.07, 6.45) is 2.14. The summed E-state index contributed by atoms with van der Waals surface area (Å²) in [5, 5.41) is 8.58. The molecule has 0 spiro atoms. The molecule has 1 heterocycles. The lowest BCUT2D eigenvalue weighted by Crippen LogP contribution is -2.36. The number of H-pyrrole nitrogens is 1. The molecule has 86 valence electrons. The molecule has 0 aromatic carbocycles. The minimum absolute atomic E-state index is 0.0164. The van der Waals surface area contributed by atoms with E-state index in [2.05, 4.69) is 9.97 Å². The average molecular weight is 225 g/mol. The number of likely N-dealkylation sites (N-methyl/N-ethyl adjacent to an activating group) is 1. The summed E-state index contributed by atoms with van der Waals surface area (Å²) in [6.45, 7) is 1.52. The zero-order chi connectivity index (χ0) is 12.1. The van der Waals surface area contributed by atoms with Crippen LogP contribution in [0.15, 0.2) is 17.2 Å². The SMILES string of the molecule is CCN(CC(=O)O)C(=O)c1c[nH]c(=O)cn1. The van der Waals surface area contributed by atoms with Gasteiger partial charge in [0.05, 0.1) is 6.20 Å². The van der Waals surface area contributed by atoms with E-state index in [0.29, 0.717) is 0 Å². The maximum atomic E-state index is 11.7. The predicted octanol–water partition coefficient (Wildman–Crippen LogP) is -0.683. The molecule has 0 unspecified atom stereocenters. The van der Waals surface area contributed by atoms with Crippen molar-refractivity contribution >= 4 is 11.9 Å². The Bertz CT molecular complexity index is 434. The lowest BCUT2D eigenvalue weighted by atomic mass is 10.3. The smallest absolute Gasteiger partial charge is 0.323 e. The van der Waals surface area contributed by atoms with E-state index in [1.165, 1.54) is 0 Å². The molecule has 1 aromatic heterocycles. The molecule has 0 aliphatic carbocycles. The molecule has 1 rings (SSSR count). The van der Waals surface area contributed by atoms with Gasteiger partial charge in [0.25, 0.3) is 11.5 Å². The highest BCUT2D eigenvalue weighted by Gasteiger charge is 2.17. The molecule has 0 aliphatic heterocycles. The Kier molecular flexibility index (Phi) is 3.76. The number of nitrogens with zero attached hydrogens (tertiary/aromatic N) is 2. The summed E-state index contributed by atoms with van der Waals surface area (Å²) < 4.78 is 0. The molecule has 0 fully saturated rings. The minimum atomic E-state index is -1.10. The van der Waals surface area contributed by atoms with E-state index in [-0.39, 0.29) is 12.2 Å². The normalized spacial score (nSPS) is 9.81. The number of carboxylic acid groups (broad SMARTS) is 1. The number of hydrogen-bond donors (Lipinski definition) is 2. The fraction of sp³-hybridized carbons (Fsp3) is 0.333. The molecule has 1 aromatic rings. The fourth-order valence-corrected chi connectivity index (χ4v) is 1.11. The van der Waals surface area contributed by atoms with E-state index < -0.39 is 24.0 Å². The lowest BCUT2D eigenvalue weighted by molar-refractivity contribution is -0.137. The van der Waals surface area contributed by atoms with E-state index in [1.807, 2.05) is 0 Å². The van der Waals surface area contributed by atoms with Crippen molar-refractivity contribution in [2.75, 3.05) is 13.1 Å². The maximum absolute atomic E-state index is 11.7. The van der Waals surface area contributed by atoms with Crippen LogP contribution in [0.5, 0.6) is 0 Å². The number of aliphatic carboxylic acids is 1. The van der Waals surface area contributed by atoms with Gasteiger partial charge in [-0.05, 0) is 6.92 Å². The number of carboxylic acids is 1. The van der Waals surface area contributed by atoms with Crippen molar-refractivity contribution in [3.8, 4) is 0 Å². The van der Waals surface area contributed by atoms with Crippen molar-refractivity contribution in [2.45, 2.75) is 6.92 Å². The van der Waals surface area contributed by atoms with E-state index in [4.69, 9.17) is 5.11 Å². The van der Waals surface area contributed by atoms with Crippen molar-refractivity contribution in [3.63, 3.8) is 0 Å². The van der Waals surface area contributed by atoms with Crippen molar-refractivity contribution in [1.29, 1.82) is 0 Å². The Balaban J connectivity index is 2.86. The van der Waals surface area contributed by atoms with Crippen LogP contribution in [0, 0.1) is 0 Å². The van der Waals surface area contributed by atoms with Crippen LogP contribution in [0.4, 0.5) is 0 Å². The van der Waals surface area contributed by atoms with Gasteiger partial charge in [-0.3, -0.25) is 14.4 Å². The number of carbonyl (C=O) groups excluding carboxylic acids is 1. The van der Waals surface area contributed by atoms with Crippen molar-refractivity contribution in [3.05, 3.63) is 28.4 Å². The Morgan fingerprint density at radius 3 is 2.69 bits per heavy atom. The van der Waals surface area contributed by atoms with Crippen LogP contribution >= 0.6 is 0 Å². The van der Waals surface area contributed by atoms with Gasteiger partial charge in [0.2, 0.25) is 0 Å². The summed E-state index contributed by atoms with van der Waals surface area (Å²) in [5.74, 6) is -1.62. The molecule has 1 amide bonds. The standard InChI is InChI=1S/C9H11N3O4/c1-2-12(5-8(14)15)9(16)6-3-11-7(13)4-10-6/h3-4H,2,5H2,1H3,(H,11,13)(H,14,15). The number of amides is 1. The fourth-order valence-electron chi connectivity index (χ4n) is 1.11. The molecule has 0 radical (unpaired) electrons. The van der Waals surface area contributed by atoms with E-state index in [0.717, 1.165) is 17.3 Å². The third kappa shape index (κ3) is 2.91. The van der Waals surface area contributed by atoms with Crippen molar-refractivity contribution in [2.24, 2.45) is 0 Å². The molecule has 7 heteroatoms. The topological polar surface area (TPSA) is 103 Å². The van der Waals surface area contributed by atoms with Crippen LogP contribution in [0.2, 0.25) is 0 Å². The number of aromatic nitrogens is 2. The quantitative estimate of drug-likeness (QED) is 0.706. The molecule has 0 atom stereocenters. The van der Waals surface area contributed by atoms with Crippen molar-refractivity contribution in [1.82, 2.24) is 14.9 Å². The summed E-state index contributed by atoms with van der Waals surface area (Å²) in [5.41, 5.74) is -0.402. The molecule has 0 aliphatic rings. The van der Waals surface area contributed by atoms with Gasteiger partial charge >= 0.3 is 5.97 Å². The van der Waals surface area contributed by atoms with Crippen LogP contribution < -0.4 is 5.56 Å². The lowest BCUT2D eigenvalue weighted by Gasteiger charge is -2.17. The van der Waals surface area contributed by atoms with Crippen molar-refractivity contribution < 1.29 is 14.7 Å². The molecular weight excluding hydrogens is 214 g/mol. The zero-order valence-corrected chi connectivity index (χ0v) is 8.64. The Labute approximate surface area is 90.7 Å². The highest BCUT2D eigenvalue weighted by atomic mass is 16.4. The number of nitrogens with one attached hydrogen (secondary N) is 1. The first kappa shape index (κ1) is 11.9. The number of rotatable bonds is 4. The number of aromatic amines is 1. The largest absolute Gasteiger partial charge is 0.480 e. The van der Waals surface area contributed by atoms with Crippen LogP contribution in [0.1, 0.15) is 17.4 Å². The third-order valence-corrected chi connectivity index (χ3v) is 1.89. The van der Waals surface area contributed by atoms with Gasteiger partial charge in [0.15, 0.2) is 0 Å². The van der Waals surface area contributed by atoms with Gasteiger partial charge in [0.1, 0.15) is 12.2 Å². The highest BCUT2D eigenvalue weighted by molar-refractivity contribution is 5.93. The Hall–Kier alpha value is -2.18. The molecule has 2 N–H and O–H groups in total. The van der Waals surface area contributed by atoms with Gasteiger partial charge in [-0.25, -0.2) is 4.98 Å². The Morgan fingerprint density at radius 2 is 2.25 bits per heavy atom. The van der Waals surface area contributed by atoms with Gasteiger partial charge in [0, 0.05) is 12.7 Å². The summed E-state index contributed by atoms with van der Waals surface area (Å²) in [6, 6.07) is 0. The maximum Gasteiger partial charge on any atom is 0.323 e. The van der Waals surface area contributed by atoms with E-state index in [9.17, 15) is 14.4 Å². The second-order valence-corrected chi connectivity index (χ2v) is 3.01. The second-order valence-electron chi connectivity index (χ2n) is 3.01. The van der Waals surface area contributed by atoms with E-state index in [1.54, 1.807) is 6.92 Å². The summed E-state index contributed by atoms with van der Waals surface area (Å²) in [7, 11) is 0. The predicted molar refractivity (Wildman–Crippen MR) is 54.1 cm³/mol. The first-order chi connectivity index (χ1) is 7.54. The first-order valence-electron chi connectivity index (χ1n) is 4.60. The molecule has 0 bridgehead atoms. The number of hydrogen-bond acceptors (Lipinski definition) is 4.